The highest BCUT2D eigenvalue weighted by Crippen LogP contribution is 2.28. The smallest absolute Gasteiger partial charge is 0.229 e. The van der Waals surface area contributed by atoms with E-state index in [9.17, 15) is 0 Å². The summed E-state index contributed by atoms with van der Waals surface area (Å²) in [5, 5.41) is 1.28. The summed E-state index contributed by atoms with van der Waals surface area (Å²) in [6, 6.07) is 21.5. The maximum absolute atomic E-state index is 2.36. The van der Waals surface area contributed by atoms with Crippen LogP contribution in [0.15, 0.2) is 66.9 Å². The summed E-state index contributed by atoms with van der Waals surface area (Å²) in [6.45, 7) is 2.18. The molecule has 0 aliphatic heterocycles. The maximum atomic E-state index is 2.36. The van der Waals surface area contributed by atoms with Crippen LogP contribution in [-0.2, 0) is 7.05 Å². The lowest BCUT2D eigenvalue weighted by Crippen LogP contribution is -2.30. The Morgan fingerprint density at radius 2 is 1.71 bits per heavy atom. The minimum Gasteiger partial charge on any atom is -0.304 e. The Morgan fingerprint density at radius 1 is 0.905 bits per heavy atom. The monoisotopic (exact) mass is 273 g/mol. The fourth-order valence-electron chi connectivity index (χ4n) is 3.10. The standard InChI is InChI=1S/C19H17N2/c1-14-10-11-16-13-15-7-3-4-8-17(15)21(16)19(14)18-9-5-6-12-20(18)2/h3-13H,1-2H3/q+1. The second-order valence-corrected chi connectivity index (χ2v) is 5.53. The van der Waals surface area contributed by atoms with Gasteiger partial charge in [-0.15, -0.1) is 0 Å². The van der Waals surface area contributed by atoms with Crippen LogP contribution in [0.4, 0.5) is 0 Å². The van der Waals surface area contributed by atoms with Gasteiger partial charge in [0.05, 0.1) is 5.52 Å². The van der Waals surface area contributed by atoms with Gasteiger partial charge in [0.15, 0.2) is 6.20 Å². The number of pyridine rings is 2. The molecule has 3 heterocycles. The van der Waals surface area contributed by atoms with Crippen molar-refractivity contribution >= 4 is 16.4 Å². The molecule has 3 aromatic heterocycles. The third-order valence-corrected chi connectivity index (χ3v) is 4.14. The predicted molar refractivity (Wildman–Crippen MR) is 86.3 cm³/mol. The molecule has 2 heteroatoms. The van der Waals surface area contributed by atoms with Crippen molar-refractivity contribution in [2.45, 2.75) is 6.92 Å². The molecule has 0 amide bonds. The minimum atomic E-state index is 1.22. The first-order valence-corrected chi connectivity index (χ1v) is 7.20. The van der Waals surface area contributed by atoms with Crippen LogP contribution in [-0.4, -0.2) is 4.40 Å². The summed E-state index contributed by atoms with van der Waals surface area (Å²) in [7, 11) is 2.10. The van der Waals surface area contributed by atoms with E-state index in [4.69, 9.17) is 0 Å². The van der Waals surface area contributed by atoms with Crippen molar-refractivity contribution in [3.8, 4) is 11.4 Å². The second kappa shape index (κ2) is 4.45. The molecular formula is C19H17N2+. The SMILES string of the molecule is Cc1ccc2cc3ccccc3n2c1-c1cccc[n+]1C. The van der Waals surface area contributed by atoms with Crippen molar-refractivity contribution in [2.24, 2.45) is 7.05 Å². The maximum Gasteiger partial charge on any atom is 0.229 e. The van der Waals surface area contributed by atoms with Gasteiger partial charge >= 0.3 is 0 Å². The van der Waals surface area contributed by atoms with E-state index in [0.717, 1.165) is 0 Å². The Bertz CT molecular complexity index is 964. The molecule has 0 atom stereocenters. The molecule has 2 nitrogen and oxygen atoms in total. The highest BCUT2D eigenvalue weighted by Gasteiger charge is 2.17. The van der Waals surface area contributed by atoms with Gasteiger partial charge in [0, 0.05) is 23.0 Å². The van der Waals surface area contributed by atoms with Crippen LogP contribution in [0.3, 0.4) is 0 Å². The first-order valence-electron chi connectivity index (χ1n) is 7.20. The van der Waals surface area contributed by atoms with Gasteiger partial charge in [-0.1, -0.05) is 24.3 Å². The molecule has 0 N–H and O–H groups in total. The normalized spacial score (nSPS) is 11.3. The molecule has 0 saturated heterocycles. The van der Waals surface area contributed by atoms with Gasteiger partial charge in [-0.2, -0.15) is 4.57 Å². The molecular weight excluding hydrogens is 256 g/mol. The summed E-state index contributed by atoms with van der Waals surface area (Å²) >= 11 is 0. The van der Waals surface area contributed by atoms with Crippen LogP contribution in [0.1, 0.15) is 5.56 Å². The molecule has 0 unspecified atom stereocenters. The molecule has 1 aromatic carbocycles. The molecule has 0 aliphatic carbocycles. The van der Waals surface area contributed by atoms with E-state index in [1.807, 2.05) is 0 Å². The van der Waals surface area contributed by atoms with Crippen LogP contribution in [0.25, 0.3) is 27.8 Å². The van der Waals surface area contributed by atoms with Crippen molar-refractivity contribution in [3.05, 3.63) is 72.4 Å². The number of fused-ring (bicyclic) bond motifs is 3. The van der Waals surface area contributed by atoms with E-state index in [0.29, 0.717) is 0 Å². The first-order chi connectivity index (χ1) is 10.3. The number of hydrogen-bond donors (Lipinski definition) is 0. The van der Waals surface area contributed by atoms with E-state index in [2.05, 4.69) is 89.8 Å². The van der Waals surface area contributed by atoms with Crippen LogP contribution < -0.4 is 4.57 Å². The average molecular weight is 273 g/mol. The molecule has 4 rings (SSSR count). The van der Waals surface area contributed by atoms with Gasteiger partial charge in [0.1, 0.15) is 12.7 Å². The molecule has 4 aromatic rings. The third kappa shape index (κ3) is 1.76. The Hall–Kier alpha value is -2.61. The Kier molecular flexibility index (Phi) is 2.58. The predicted octanol–water partition coefficient (Wildman–Crippen LogP) is 3.89. The van der Waals surface area contributed by atoms with E-state index < -0.39 is 0 Å². The zero-order chi connectivity index (χ0) is 14.4. The fraction of sp³-hybridized carbons (Fsp3) is 0.105. The Balaban J connectivity index is 2.22. The van der Waals surface area contributed by atoms with Crippen molar-refractivity contribution in [1.82, 2.24) is 4.40 Å². The molecule has 0 spiro atoms. The van der Waals surface area contributed by atoms with Gasteiger partial charge in [-0.05, 0) is 36.8 Å². The van der Waals surface area contributed by atoms with Gasteiger partial charge < -0.3 is 4.40 Å². The number of aryl methyl sites for hydroxylation is 2. The summed E-state index contributed by atoms with van der Waals surface area (Å²) in [4.78, 5) is 0. The lowest BCUT2D eigenvalue weighted by molar-refractivity contribution is -0.660. The number of para-hydroxylation sites is 1. The molecule has 102 valence electrons. The molecule has 0 saturated carbocycles. The second-order valence-electron chi connectivity index (χ2n) is 5.53. The lowest BCUT2D eigenvalue weighted by atomic mass is 10.1. The van der Waals surface area contributed by atoms with E-state index >= 15 is 0 Å². The van der Waals surface area contributed by atoms with Gasteiger partial charge in [-0.3, -0.25) is 0 Å². The van der Waals surface area contributed by atoms with Crippen LogP contribution in [0.5, 0.6) is 0 Å². The number of rotatable bonds is 1. The summed E-state index contributed by atoms with van der Waals surface area (Å²) in [6.07, 6.45) is 2.10. The average Bonchev–Trinajstić information content (AvgIpc) is 2.87. The van der Waals surface area contributed by atoms with Crippen LogP contribution in [0.2, 0.25) is 0 Å². The van der Waals surface area contributed by atoms with Gasteiger partial charge in [-0.25, -0.2) is 0 Å². The van der Waals surface area contributed by atoms with Crippen LogP contribution in [0, 0.1) is 6.92 Å². The first kappa shape index (κ1) is 12.2. The van der Waals surface area contributed by atoms with Gasteiger partial charge in [0.25, 0.3) is 0 Å². The largest absolute Gasteiger partial charge is 0.304 e. The number of aromatic nitrogens is 2. The highest BCUT2D eigenvalue weighted by atomic mass is 15.0. The Morgan fingerprint density at radius 3 is 2.57 bits per heavy atom. The molecule has 0 aliphatic rings. The number of benzene rings is 1. The number of nitrogens with zero attached hydrogens (tertiary/aromatic N) is 2. The van der Waals surface area contributed by atoms with Crippen molar-refractivity contribution in [3.63, 3.8) is 0 Å². The Labute approximate surface area is 123 Å². The number of hydrogen-bond acceptors (Lipinski definition) is 0. The van der Waals surface area contributed by atoms with E-state index in [1.54, 1.807) is 0 Å². The molecule has 21 heavy (non-hydrogen) atoms. The zero-order valence-electron chi connectivity index (χ0n) is 12.2. The fourth-order valence-corrected chi connectivity index (χ4v) is 3.10. The minimum absolute atomic E-state index is 1.22. The van der Waals surface area contributed by atoms with E-state index in [-0.39, 0.29) is 0 Å². The quantitative estimate of drug-likeness (QED) is 0.465. The van der Waals surface area contributed by atoms with Crippen molar-refractivity contribution in [1.29, 1.82) is 0 Å². The molecule has 0 radical (unpaired) electrons. The molecule has 0 fully saturated rings. The van der Waals surface area contributed by atoms with Crippen molar-refractivity contribution < 1.29 is 4.57 Å². The van der Waals surface area contributed by atoms with E-state index in [1.165, 1.54) is 33.4 Å². The van der Waals surface area contributed by atoms with Gasteiger partial charge in [0.2, 0.25) is 5.69 Å². The summed E-state index contributed by atoms with van der Waals surface area (Å²) < 4.78 is 4.54. The lowest BCUT2D eigenvalue weighted by Gasteiger charge is -2.09. The highest BCUT2D eigenvalue weighted by molar-refractivity contribution is 5.89. The zero-order valence-corrected chi connectivity index (χ0v) is 12.2. The van der Waals surface area contributed by atoms with Crippen LogP contribution >= 0.6 is 0 Å². The molecule has 0 bridgehead atoms. The van der Waals surface area contributed by atoms with Crippen molar-refractivity contribution in [2.75, 3.05) is 0 Å². The summed E-state index contributed by atoms with van der Waals surface area (Å²) in [5.41, 5.74) is 6.26. The third-order valence-electron chi connectivity index (χ3n) is 4.14. The topological polar surface area (TPSA) is 8.29 Å². The summed E-state index contributed by atoms with van der Waals surface area (Å²) in [5.74, 6) is 0.